The minimum absolute atomic E-state index is 0.0107. The van der Waals surface area contributed by atoms with Gasteiger partial charge in [-0.05, 0) is 40.3 Å². The number of carboxylic acids is 1. The van der Waals surface area contributed by atoms with Gasteiger partial charge in [-0.15, -0.1) is 0 Å². The second kappa shape index (κ2) is 10.5. The van der Waals surface area contributed by atoms with Gasteiger partial charge in [-0.2, -0.15) is 0 Å². The van der Waals surface area contributed by atoms with Gasteiger partial charge >= 0.3 is 12.1 Å². The number of aromatic carboxylic acids is 1. The van der Waals surface area contributed by atoms with Crippen LogP contribution in [0.5, 0.6) is 0 Å². The molecule has 0 bridgehead atoms. The zero-order valence-electron chi connectivity index (χ0n) is 19.6. The van der Waals surface area contributed by atoms with Gasteiger partial charge in [0.15, 0.2) is 0 Å². The quantitative estimate of drug-likeness (QED) is 0.417. The van der Waals surface area contributed by atoms with E-state index in [9.17, 15) is 14.4 Å². The Morgan fingerprint density at radius 3 is 2.17 bits per heavy atom. The maximum Gasteiger partial charge on any atom is 0.407 e. The fraction of sp³-hybridized carbons (Fsp3) is 0.296. The molecule has 1 unspecified atom stereocenters. The number of furan rings is 1. The van der Waals surface area contributed by atoms with Gasteiger partial charge < -0.3 is 24.9 Å². The van der Waals surface area contributed by atoms with Gasteiger partial charge in [-0.1, -0.05) is 62.4 Å². The zero-order chi connectivity index (χ0) is 24.9. The highest BCUT2D eigenvalue weighted by atomic mass is 16.5. The van der Waals surface area contributed by atoms with Gasteiger partial charge in [0.05, 0.1) is 6.54 Å². The number of hydrogen-bond acceptors (Lipinski definition) is 5. The van der Waals surface area contributed by atoms with E-state index in [1.807, 2.05) is 38.1 Å². The highest BCUT2D eigenvalue weighted by Gasteiger charge is 2.29. The standard InChI is InChI=1S/C27H28N2O6/c1-16(2)23(13-25(30)28-14-17-11-12-24(35-17)26(31)32)29-27(33)34-15-22-20-9-5-3-7-18(20)19-8-4-6-10-21(19)22/h3-12,16,22-23H,13-15H2,1-2H3,(H,28,30)(H,29,33)(H,31,32). The number of benzene rings is 2. The summed E-state index contributed by atoms with van der Waals surface area (Å²) in [6, 6.07) is 18.6. The molecule has 0 fully saturated rings. The van der Waals surface area contributed by atoms with Gasteiger partial charge in [0.2, 0.25) is 11.7 Å². The average molecular weight is 477 g/mol. The summed E-state index contributed by atoms with van der Waals surface area (Å²) in [5.74, 6) is -1.38. The summed E-state index contributed by atoms with van der Waals surface area (Å²) in [5, 5.41) is 14.4. The highest BCUT2D eigenvalue weighted by molar-refractivity contribution is 5.84. The Hall–Kier alpha value is -4.07. The second-order valence-corrected chi connectivity index (χ2v) is 8.87. The first kappa shape index (κ1) is 24.1. The molecule has 1 atom stereocenters. The van der Waals surface area contributed by atoms with Crippen LogP contribution in [-0.2, 0) is 16.1 Å². The van der Waals surface area contributed by atoms with E-state index in [2.05, 4.69) is 34.9 Å². The molecule has 0 aliphatic heterocycles. The summed E-state index contributed by atoms with van der Waals surface area (Å²) < 4.78 is 10.7. The smallest absolute Gasteiger partial charge is 0.407 e. The van der Waals surface area contributed by atoms with Crippen LogP contribution in [0.25, 0.3) is 11.1 Å². The van der Waals surface area contributed by atoms with Crippen LogP contribution in [0.2, 0.25) is 0 Å². The van der Waals surface area contributed by atoms with Crippen molar-refractivity contribution in [2.24, 2.45) is 5.92 Å². The number of carbonyl (C=O) groups excluding carboxylic acids is 2. The van der Waals surface area contributed by atoms with E-state index in [1.54, 1.807) is 0 Å². The molecule has 182 valence electrons. The lowest BCUT2D eigenvalue weighted by Gasteiger charge is -2.22. The van der Waals surface area contributed by atoms with Crippen molar-refractivity contribution in [2.75, 3.05) is 6.61 Å². The van der Waals surface area contributed by atoms with Gasteiger partial charge in [-0.3, -0.25) is 4.79 Å². The monoisotopic (exact) mass is 476 g/mol. The number of hydrogen-bond donors (Lipinski definition) is 3. The molecule has 8 heteroatoms. The van der Waals surface area contributed by atoms with Crippen molar-refractivity contribution in [1.29, 1.82) is 0 Å². The van der Waals surface area contributed by atoms with E-state index >= 15 is 0 Å². The first-order valence-corrected chi connectivity index (χ1v) is 11.5. The topological polar surface area (TPSA) is 118 Å². The Labute approximate surface area is 203 Å². The predicted molar refractivity (Wildman–Crippen MR) is 129 cm³/mol. The van der Waals surface area contributed by atoms with E-state index in [0.717, 1.165) is 22.3 Å². The van der Waals surface area contributed by atoms with E-state index < -0.39 is 18.1 Å². The Bertz CT molecular complexity index is 1190. The molecular formula is C27H28N2O6. The lowest BCUT2D eigenvalue weighted by Crippen LogP contribution is -2.42. The van der Waals surface area contributed by atoms with Gasteiger partial charge in [-0.25, -0.2) is 9.59 Å². The lowest BCUT2D eigenvalue weighted by molar-refractivity contribution is -0.122. The number of ether oxygens (including phenoxy) is 1. The minimum Gasteiger partial charge on any atom is -0.475 e. The lowest BCUT2D eigenvalue weighted by atomic mass is 9.98. The van der Waals surface area contributed by atoms with Crippen molar-refractivity contribution in [3.05, 3.63) is 83.3 Å². The molecule has 1 aromatic heterocycles. The summed E-state index contributed by atoms with van der Waals surface area (Å²) in [6.45, 7) is 4.07. The van der Waals surface area contributed by atoms with Crippen molar-refractivity contribution in [3.8, 4) is 11.1 Å². The zero-order valence-corrected chi connectivity index (χ0v) is 19.6. The number of nitrogens with one attached hydrogen (secondary N) is 2. The maximum atomic E-state index is 12.6. The molecule has 0 saturated carbocycles. The van der Waals surface area contributed by atoms with E-state index in [4.69, 9.17) is 14.3 Å². The van der Waals surface area contributed by atoms with Gasteiger partial charge in [0.1, 0.15) is 12.4 Å². The fourth-order valence-electron chi connectivity index (χ4n) is 4.29. The van der Waals surface area contributed by atoms with E-state index in [-0.39, 0.29) is 43.1 Å². The Morgan fingerprint density at radius 2 is 1.60 bits per heavy atom. The summed E-state index contributed by atoms with van der Waals surface area (Å²) in [4.78, 5) is 36.0. The van der Waals surface area contributed by atoms with E-state index in [1.165, 1.54) is 12.1 Å². The second-order valence-electron chi connectivity index (χ2n) is 8.87. The normalized spacial score (nSPS) is 13.1. The molecule has 1 heterocycles. The number of fused-ring (bicyclic) bond motifs is 3. The van der Waals surface area contributed by atoms with Crippen molar-refractivity contribution < 1.29 is 28.6 Å². The van der Waals surface area contributed by atoms with Crippen LogP contribution in [-0.4, -0.2) is 35.7 Å². The van der Waals surface area contributed by atoms with Crippen molar-refractivity contribution in [1.82, 2.24) is 10.6 Å². The summed E-state index contributed by atoms with van der Waals surface area (Å²) in [6.07, 6.45) is -0.524. The Morgan fingerprint density at radius 1 is 0.971 bits per heavy atom. The highest BCUT2D eigenvalue weighted by Crippen LogP contribution is 2.44. The van der Waals surface area contributed by atoms with Crippen LogP contribution >= 0.6 is 0 Å². The molecule has 8 nitrogen and oxygen atoms in total. The van der Waals surface area contributed by atoms with Crippen LogP contribution in [0, 0.1) is 5.92 Å². The van der Waals surface area contributed by atoms with E-state index in [0.29, 0.717) is 5.76 Å². The average Bonchev–Trinajstić information content (AvgIpc) is 3.44. The molecule has 2 amide bonds. The Balaban J connectivity index is 1.31. The molecule has 0 saturated heterocycles. The molecule has 35 heavy (non-hydrogen) atoms. The van der Waals surface area contributed by atoms with Crippen LogP contribution in [0.4, 0.5) is 4.79 Å². The largest absolute Gasteiger partial charge is 0.475 e. The van der Waals surface area contributed by atoms with Crippen molar-refractivity contribution >= 4 is 18.0 Å². The molecule has 1 aliphatic carbocycles. The fourth-order valence-corrected chi connectivity index (χ4v) is 4.29. The molecule has 3 N–H and O–H groups in total. The number of alkyl carbamates (subject to hydrolysis) is 1. The molecular weight excluding hydrogens is 448 g/mol. The van der Waals surface area contributed by atoms with Gasteiger partial charge in [0.25, 0.3) is 0 Å². The molecule has 4 rings (SSSR count). The summed E-state index contributed by atoms with van der Waals surface area (Å²) in [7, 11) is 0. The number of amides is 2. The molecule has 1 aliphatic rings. The molecule has 0 radical (unpaired) electrons. The third-order valence-corrected chi connectivity index (χ3v) is 6.19. The maximum absolute atomic E-state index is 12.6. The number of rotatable bonds is 9. The number of carbonyl (C=O) groups is 3. The first-order valence-electron chi connectivity index (χ1n) is 11.5. The molecule has 0 spiro atoms. The molecule has 3 aromatic rings. The van der Waals surface area contributed by atoms with Crippen molar-refractivity contribution in [3.63, 3.8) is 0 Å². The Kier molecular flexibility index (Phi) is 7.19. The van der Waals surface area contributed by atoms with Crippen LogP contribution in [0.1, 0.15) is 53.6 Å². The van der Waals surface area contributed by atoms with Crippen LogP contribution in [0.3, 0.4) is 0 Å². The van der Waals surface area contributed by atoms with Crippen molar-refractivity contribution in [2.45, 2.75) is 38.8 Å². The third-order valence-electron chi connectivity index (χ3n) is 6.19. The first-order chi connectivity index (χ1) is 16.8. The summed E-state index contributed by atoms with van der Waals surface area (Å²) >= 11 is 0. The van der Waals surface area contributed by atoms with Crippen LogP contribution in [0.15, 0.2) is 65.1 Å². The van der Waals surface area contributed by atoms with Gasteiger partial charge in [0, 0.05) is 18.4 Å². The SMILES string of the molecule is CC(C)C(CC(=O)NCc1ccc(C(=O)O)o1)NC(=O)OCC1c2ccccc2-c2ccccc21. The molecule has 2 aromatic carbocycles. The predicted octanol–water partition coefficient (Wildman–Crippen LogP) is 4.55. The summed E-state index contributed by atoms with van der Waals surface area (Å²) in [5.41, 5.74) is 4.57. The van der Waals surface area contributed by atoms with Crippen LogP contribution < -0.4 is 10.6 Å². The minimum atomic E-state index is -1.17. The number of carboxylic acid groups (broad SMARTS) is 1. The third kappa shape index (κ3) is 5.54.